The summed E-state index contributed by atoms with van der Waals surface area (Å²) in [7, 11) is 2.54. The van der Waals surface area contributed by atoms with Crippen molar-refractivity contribution in [3.05, 3.63) is 39.2 Å². The minimum Gasteiger partial charge on any atom is -0.464 e. The van der Waals surface area contributed by atoms with Crippen LogP contribution < -0.4 is 4.90 Å². The van der Waals surface area contributed by atoms with Crippen molar-refractivity contribution >= 4 is 52.6 Å². The average molecular weight is 465 g/mol. The quantitative estimate of drug-likeness (QED) is 0.380. The Morgan fingerprint density at radius 1 is 0.897 bits per heavy atom. The van der Waals surface area contributed by atoms with Gasteiger partial charge in [-0.1, -0.05) is 11.6 Å². The lowest BCUT2D eigenvalue weighted by molar-refractivity contribution is 0.0585. The minimum atomic E-state index is -0.596. The molecule has 0 unspecified atom stereocenters. The first-order valence-corrected chi connectivity index (χ1v) is 9.21. The Morgan fingerprint density at radius 2 is 1.41 bits per heavy atom. The zero-order valence-electron chi connectivity index (χ0n) is 15.4. The zero-order chi connectivity index (χ0) is 21.4. The number of hydrogen-bond donors (Lipinski definition) is 0. The van der Waals surface area contributed by atoms with Gasteiger partial charge in [0.1, 0.15) is 11.0 Å². The summed E-state index contributed by atoms with van der Waals surface area (Å²) < 4.78 is 14.2. The highest BCUT2D eigenvalue weighted by Gasteiger charge is 2.17. The fourth-order valence-corrected chi connectivity index (χ4v) is 2.75. The number of ether oxygens (including phenoxy) is 3. The van der Waals surface area contributed by atoms with Gasteiger partial charge in [0.15, 0.2) is 11.4 Å². The van der Waals surface area contributed by atoms with Gasteiger partial charge in [-0.2, -0.15) is 0 Å². The van der Waals surface area contributed by atoms with Gasteiger partial charge in [-0.15, -0.1) is 0 Å². The van der Waals surface area contributed by atoms with Crippen molar-refractivity contribution in [1.82, 2.24) is 19.9 Å². The maximum atomic E-state index is 11.4. The van der Waals surface area contributed by atoms with Crippen molar-refractivity contribution in [1.29, 1.82) is 0 Å². The lowest BCUT2D eigenvalue weighted by Gasteiger charge is -2.27. The van der Waals surface area contributed by atoms with E-state index in [1.807, 2.05) is 4.90 Å². The van der Waals surface area contributed by atoms with Crippen LogP contribution >= 0.6 is 34.8 Å². The lowest BCUT2D eigenvalue weighted by Crippen LogP contribution is -2.37. The van der Waals surface area contributed by atoms with Crippen molar-refractivity contribution in [3.8, 4) is 0 Å². The first-order valence-electron chi connectivity index (χ1n) is 8.08. The maximum Gasteiger partial charge on any atom is 0.356 e. The Balaban J connectivity index is 0.000000221. The third-order valence-corrected chi connectivity index (χ3v) is 4.01. The molecule has 0 atom stereocenters. The number of aromatic nitrogens is 4. The molecule has 13 heteroatoms. The molecule has 1 aliphatic rings. The van der Waals surface area contributed by atoms with Gasteiger partial charge in [-0.3, -0.25) is 0 Å². The van der Waals surface area contributed by atoms with Crippen LogP contribution in [0.5, 0.6) is 0 Å². The van der Waals surface area contributed by atoms with Crippen molar-refractivity contribution in [2.45, 2.75) is 0 Å². The smallest absolute Gasteiger partial charge is 0.356 e. The van der Waals surface area contributed by atoms with Crippen LogP contribution in [0.25, 0.3) is 0 Å². The Bertz CT molecular complexity index is 860. The third-order valence-electron chi connectivity index (χ3n) is 3.48. The van der Waals surface area contributed by atoms with E-state index in [0.29, 0.717) is 32.1 Å². The topological polar surface area (TPSA) is 117 Å². The number of halogens is 3. The van der Waals surface area contributed by atoms with E-state index in [-0.39, 0.29) is 27.1 Å². The Morgan fingerprint density at radius 3 is 1.93 bits per heavy atom. The summed E-state index contributed by atoms with van der Waals surface area (Å²) in [6.07, 6.45) is 0. The Labute approximate surface area is 181 Å². The molecule has 0 spiro atoms. The van der Waals surface area contributed by atoms with Gasteiger partial charge in [-0.25, -0.2) is 29.5 Å². The monoisotopic (exact) mass is 463 g/mol. The number of hydrogen-bond acceptors (Lipinski definition) is 10. The fraction of sp³-hybridized carbons (Fsp3) is 0.375. The van der Waals surface area contributed by atoms with Crippen LogP contribution in [0.15, 0.2) is 12.1 Å². The number of esters is 2. The van der Waals surface area contributed by atoms with Crippen molar-refractivity contribution < 1.29 is 23.8 Å². The van der Waals surface area contributed by atoms with E-state index < -0.39 is 11.9 Å². The van der Waals surface area contributed by atoms with Crippen LogP contribution in [0.2, 0.25) is 15.7 Å². The second-order valence-electron chi connectivity index (χ2n) is 5.31. The summed E-state index contributed by atoms with van der Waals surface area (Å²) >= 11 is 16.7. The maximum absolute atomic E-state index is 11.4. The fourth-order valence-electron chi connectivity index (χ4n) is 2.17. The summed E-state index contributed by atoms with van der Waals surface area (Å²) in [5.74, 6) is -0.501. The molecule has 2 aromatic heterocycles. The number of morpholine rings is 1. The predicted octanol–water partition coefficient (Wildman–Crippen LogP) is 2.32. The Hall–Kier alpha value is -2.27. The Kier molecular flexibility index (Phi) is 8.77. The molecule has 2 aromatic rings. The molecule has 1 saturated heterocycles. The highest BCUT2D eigenvalue weighted by atomic mass is 35.5. The first-order chi connectivity index (χ1) is 13.8. The van der Waals surface area contributed by atoms with Gasteiger partial charge >= 0.3 is 11.9 Å². The molecule has 0 amide bonds. The largest absolute Gasteiger partial charge is 0.464 e. The molecular formula is C16H16Cl3N5O5. The molecule has 0 aliphatic carbocycles. The number of anilines is 1. The van der Waals surface area contributed by atoms with Gasteiger partial charge < -0.3 is 19.1 Å². The van der Waals surface area contributed by atoms with Gasteiger partial charge in [0, 0.05) is 25.2 Å². The molecule has 10 nitrogen and oxygen atoms in total. The molecule has 0 bridgehead atoms. The van der Waals surface area contributed by atoms with E-state index in [1.54, 1.807) is 6.07 Å². The van der Waals surface area contributed by atoms with Gasteiger partial charge in [0.05, 0.1) is 27.4 Å². The van der Waals surface area contributed by atoms with Gasteiger partial charge in [0.25, 0.3) is 0 Å². The summed E-state index contributed by atoms with van der Waals surface area (Å²) in [5, 5.41) is 0.0627. The molecule has 29 heavy (non-hydrogen) atoms. The molecular weight excluding hydrogens is 449 g/mol. The van der Waals surface area contributed by atoms with Crippen LogP contribution in [0.1, 0.15) is 21.0 Å². The standard InChI is InChI=1S/C10H12ClN3O3.C6H4Cl2N2O2/c1-16-9(15)7-6-8(13-10(11)12-7)14-2-4-17-5-3-14;1-12-5(11)3-2-4(7)10-6(8)9-3/h6H,2-5H2,1H3;2H,1H3. The number of methoxy groups -OCH3 is 2. The van der Waals surface area contributed by atoms with E-state index in [1.165, 1.54) is 20.3 Å². The summed E-state index contributed by atoms with van der Waals surface area (Å²) in [5.41, 5.74) is 0.205. The van der Waals surface area contributed by atoms with Gasteiger partial charge in [0.2, 0.25) is 10.6 Å². The van der Waals surface area contributed by atoms with Crippen molar-refractivity contribution in [2.75, 3.05) is 45.4 Å². The second-order valence-corrected chi connectivity index (χ2v) is 6.37. The lowest BCUT2D eigenvalue weighted by atomic mass is 10.3. The predicted molar refractivity (Wildman–Crippen MR) is 105 cm³/mol. The summed E-state index contributed by atoms with van der Waals surface area (Å²) in [6, 6.07) is 2.85. The zero-order valence-corrected chi connectivity index (χ0v) is 17.7. The molecule has 3 heterocycles. The molecule has 0 saturated carbocycles. The van der Waals surface area contributed by atoms with Crippen LogP contribution in [0, 0.1) is 0 Å². The highest BCUT2D eigenvalue weighted by Crippen LogP contribution is 2.17. The molecule has 3 rings (SSSR count). The number of rotatable bonds is 3. The number of carbonyl (C=O) groups is 2. The highest BCUT2D eigenvalue weighted by molar-refractivity contribution is 6.32. The van der Waals surface area contributed by atoms with Crippen molar-refractivity contribution in [3.63, 3.8) is 0 Å². The van der Waals surface area contributed by atoms with E-state index in [4.69, 9.17) is 39.5 Å². The van der Waals surface area contributed by atoms with Crippen LogP contribution in [-0.2, 0) is 14.2 Å². The van der Waals surface area contributed by atoms with Crippen LogP contribution in [-0.4, -0.2) is 72.4 Å². The van der Waals surface area contributed by atoms with Crippen LogP contribution in [0.4, 0.5) is 5.82 Å². The van der Waals surface area contributed by atoms with Crippen molar-refractivity contribution in [2.24, 2.45) is 0 Å². The van der Waals surface area contributed by atoms with E-state index in [2.05, 4.69) is 29.4 Å². The molecule has 0 aromatic carbocycles. The molecule has 1 fully saturated rings. The van der Waals surface area contributed by atoms with Crippen LogP contribution in [0.3, 0.4) is 0 Å². The SMILES string of the molecule is COC(=O)c1cc(Cl)nc(Cl)n1.COC(=O)c1cc(N2CCOCC2)nc(Cl)n1. The molecule has 0 radical (unpaired) electrons. The number of nitrogens with zero attached hydrogens (tertiary/aromatic N) is 5. The normalized spacial score (nSPS) is 13.2. The molecule has 156 valence electrons. The number of carbonyl (C=O) groups excluding carboxylic acids is 2. The molecule has 1 aliphatic heterocycles. The summed E-state index contributed by atoms with van der Waals surface area (Å²) in [4.78, 5) is 39.3. The third kappa shape index (κ3) is 6.93. The van der Waals surface area contributed by atoms with E-state index in [0.717, 1.165) is 0 Å². The van der Waals surface area contributed by atoms with E-state index >= 15 is 0 Å². The second kappa shape index (κ2) is 11.1. The first kappa shape index (κ1) is 23.0. The minimum absolute atomic E-state index is 0.0365. The van der Waals surface area contributed by atoms with Gasteiger partial charge in [-0.05, 0) is 23.2 Å². The average Bonchev–Trinajstić information content (AvgIpc) is 2.72. The molecule has 0 N–H and O–H groups in total. The summed E-state index contributed by atoms with van der Waals surface area (Å²) in [6.45, 7) is 2.70. The van der Waals surface area contributed by atoms with E-state index in [9.17, 15) is 9.59 Å².